The normalized spacial score (nSPS) is 10.6. The van der Waals surface area contributed by atoms with Gasteiger partial charge < -0.3 is 0 Å². The molecule has 2 heterocycles. The van der Waals surface area contributed by atoms with Crippen molar-refractivity contribution in [3.63, 3.8) is 0 Å². The second-order valence-corrected chi connectivity index (χ2v) is 2.99. The first kappa shape index (κ1) is 7.91. The number of fused-ring (bicyclic) bond motifs is 1. The molecule has 0 aliphatic rings. The summed E-state index contributed by atoms with van der Waals surface area (Å²) in [5.74, 6) is 0.0508. The number of ketones is 1. The summed E-state index contributed by atoms with van der Waals surface area (Å²) in [4.78, 5) is 15.2. The highest BCUT2D eigenvalue weighted by atomic mass is 16.1. The molecule has 2 aromatic heterocycles. The Bertz CT molecular complexity index is 473. The molecule has 4 heteroatoms. The van der Waals surface area contributed by atoms with Crippen LogP contribution in [0, 0.1) is 6.92 Å². The summed E-state index contributed by atoms with van der Waals surface area (Å²) in [6, 6.07) is 1.85. The Kier molecular flexibility index (Phi) is 1.62. The molecule has 0 saturated carbocycles. The number of rotatable bonds is 1. The molecule has 0 atom stereocenters. The maximum atomic E-state index is 11.2. The molecular formula is C9H9N3O. The highest BCUT2D eigenvalue weighted by Crippen LogP contribution is 2.10. The van der Waals surface area contributed by atoms with Crippen molar-refractivity contribution in [2.24, 2.45) is 0 Å². The lowest BCUT2D eigenvalue weighted by atomic mass is 10.1. The van der Waals surface area contributed by atoms with E-state index >= 15 is 0 Å². The van der Waals surface area contributed by atoms with Crippen LogP contribution in [-0.2, 0) is 0 Å². The van der Waals surface area contributed by atoms with E-state index in [1.54, 1.807) is 17.6 Å². The van der Waals surface area contributed by atoms with Gasteiger partial charge in [-0.2, -0.15) is 5.10 Å². The summed E-state index contributed by atoms with van der Waals surface area (Å²) in [5, 5.41) is 3.96. The molecule has 0 radical (unpaired) electrons. The van der Waals surface area contributed by atoms with Crippen LogP contribution in [0.4, 0.5) is 0 Å². The van der Waals surface area contributed by atoms with E-state index in [1.165, 1.54) is 6.33 Å². The molecule has 0 aliphatic carbocycles. The van der Waals surface area contributed by atoms with Crippen LogP contribution in [-0.4, -0.2) is 20.4 Å². The van der Waals surface area contributed by atoms with Gasteiger partial charge in [0.25, 0.3) is 0 Å². The molecule has 0 unspecified atom stereocenters. The van der Waals surface area contributed by atoms with Crippen molar-refractivity contribution in [2.75, 3.05) is 0 Å². The van der Waals surface area contributed by atoms with Gasteiger partial charge in [-0.3, -0.25) is 4.79 Å². The number of nitrogens with zero attached hydrogens (tertiary/aromatic N) is 3. The molecule has 0 aromatic carbocycles. The largest absolute Gasteiger partial charge is 0.294 e. The standard InChI is InChI=1S/C9H9N3O/c1-6-3-9-10-5-11-12(9)4-8(6)7(2)13/h3-5H,1-2H3. The fraction of sp³-hybridized carbons (Fsp3) is 0.222. The van der Waals surface area contributed by atoms with Crippen molar-refractivity contribution in [1.29, 1.82) is 0 Å². The molecule has 0 amide bonds. The molecule has 0 N–H and O–H groups in total. The van der Waals surface area contributed by atoms with E-state index < -0.39 is 0 Å². The lowest BCUT2D eigenvalue weighted by Crippen LogP contribution is -2.00. The Labute approximate surface area is 75.2 Å². The highest BCUT2D eigenvalue weighted by Gasteiger charge is 2.06. The Hall–Kier alpha value is -1.71. The number of pyridine rings is 1. The molecule has 0 fully saturated rings. The van der Waals surface area contributed by atoms with Gasteiger partial charge in [0.1, 0.15) is 6.33 Å². The first-order valence-corrected chi connectivity index (χ1v) is 3.99. The van der Waals surface area contributed by atoms with E-state index in [1.807, 2.05) is 13.0 Å². The third kappa shape index (κ3) is 1.20. The van der Waals surface area contributed by atoms with Crippen molar-refractivity contribution >= 4 is 11.4 Å². The summed E-state index contributed by atoms with van der Waals surface area (Å²) in [6.07, 6.45) is 3.18. The molecule has 4 nitrogen and oxygen atoms in total. The van der Waals surface area contributed by atoms with Crippen LogP contribution in [0.2, 0.25) is 0 Å². The van der Waals surface area contributed by atoms with E-state index in [4.69, 9.17) is 0 Å². The molecular weight excluding hydrogens is 166 g/mol. The maximum Gasteiger partial charge on any atom is 0.161 e. The number of hydrogen-bond acceptors (Lipinski definition) is 3. The Morgan fingerprint density at radius 2 is 2.31 bits per heavy atom. The van der Waals surface area contributed by atoms with Crippen LogP contribution in [0.5, 0.6) is 0 Å². The summed E-state index contributed by atoms with van der Waals surface area (Å²) in [6.45, 7) is 3.44. The molecule has 0 saturated heterocycles. The number of carbonyl (C=O) groups excluding carboxylic acids is 1. The monoisotopic (exact) mass is 175 g/mol. The zero-order chi connectivity index (χ0) is 9.42. The second kappa shape index (κ2) is 2.65. The van der Waals surface area contributed by atoms with Crippen molar-refractivity contribution < 1.29 is 4.79 Å². The quantitative estimate of drug-likeness (QED) is 0.612. The Balaban J connectivity index is 2.76. The zero-order valence-electron chi connectivity index (χ0n) is 7.48. The predicted molar refractivity (Wildman–Crippen MR) is 47.7 cm³/mol. The second-order valence-electron chi connectivity index (χ2n) is 2.99. The molecule has 66 valence electrons. The number of carbonyl (C=O) groups is 1. The lowest BCUT2D eigenvalue weighted by Gasteiger charge is -2.01. The van der Waals surface area contributed by atoms with Crippen LogP contribution >= 0.6 is 0 Å². The van der Waals surface area contributed by atoms with Crippen LogP contribution in [0.15, 0.2) is 18.6 Å². The number of aryl methyl sites for hydroxylation is 1. The van der Waals surface area contributed by atoms with Gasteiger partial charge in [0, 0.05) is 11.8 Å². The number of Topliss-reactive ketones (excluding diaryl/α,β-unsaturated/α-hetero) is 1. The number of hydrogen-bond donors (Lipinski definition) is 0. The molecule has 13 heavy (non-hydrogen) atoms. The molecule has 0 aliphatic heterocycles. The van der Waals surface area contributed by atoms with Gasteiger partial charge >= 0.3 is 0 Å². The van der Waals surface area contributed by atoms with E-state index in [2.05, 4.69) is 10.1 Å². The van der Waals surface area contributed by atoms with Gasteiger partial charge in [-0.15, -0.1) is 0 Å². The van der Waals surface area contributed by atoms with Crippen LogP contribution < -0.4 is 0 Å². The topological polar surface area (TPSA) is 47.3 Å². The number of aromatic nitrogens is 3. The summed E-state index contributed by atoms with van der Waals surface area (Å²) >= 11 is 0. The van der Waals surface area contributed by atoms with Crippen molar-refractivity contribution in [1.82, 2.24) is 14.6 Å². The van der Waals surface area contributed by atoms with Crippen molar-refractivity contribution in [3.05, 3.63) is 29.7 Å². The SMILES string of the molecule is CC(=O)c1cn2ncnc2cc1C. The molecule has 2 rings (SSSR count). The van der Waals surface area contributed by atoms with Crippen molar-refractivity contribution in [3.8, 4) is 0 Å². The van der Waals surface area contributed by atoms with Gasteiger partial charge in [0.05, 0.1) is 0 Å². The molecule has 0 bridgehead atoms. The molecule has 2 aromatic rings. The summed E-state index contributed by atoms with van der Waals surface area (Å²) in [7, 11) is 0. The van der Waals surface area contributed by atoms with Gasteiger partial charge in [-0.25, -0.2) is 9.50 Å². The van der Waals surface area contributed by atoms with Crippen LogP contribution in [0.25, 0.3) is 5.65 Å². The van der Waals surface area contributed by atoms with E-state index in [0.717, 1.165) is 11.2 Å². The van der Waals surface area contributed by atoms with E-state index in [9.17, 15) is 4.79 Å². The summed E-state index contributed by atoms with van der Waals surface area (Å²) in [5.41, 5.74) is 2.40. The van der Waals surface area contributed by atoms with Gasteiger partial charge in [-0.1, -0.05) is 0 Å². The van der Waals surface area contributed by atoms with Gasteiger partial charge in [-0.05, 0) is 25.5 Å². The maximum absolute atomic E-state index is 11.2. The smallest absolute Gasteiger partial charge is 0.161 e. The minimum absolute atomic E-state index is 0.0508. The fourth-order valence-corrected chi connectivity index (χ4v) is 1.33. The average molecular weight is 175 g/mol. The van der Waals surface area contributed by atoms with E-state index in [-0.39, 0.29) is 5.78 Å². The third-order valence-electron chi connectivity index (χ3n) is 2.00. The summed E-state index contributed by atoms with van der Waals surface area (Å²) < 4.78 is 1.60. The average Bonchev–Trinajstić information content (AvgIpc) is 2.48. The minimum Gasteiger partial charge on any atom is -0.294 e. The third-order valence-corrected chi connectivity index (χ3v) is 2.00. The van der Waals surface area contributed by atoms with Gasteiger partial charge in [0.2, 0.25) is 0 Å². The Morgan fingerprint density at radius 3 is 3.00 bits per heavy atom. The fourth-order valence-electron chi connectivity index (χ4n) is 1.33. The first-order chi connectivity index (χ1) is 6.18. The molecule has 0 spiro atoms. The van der Waals surface area contributed by atoms with Gasteiger partial charge in [0.15, 0.2) is 11.4 Å². The zero-order valence-corrected chi connectivity index (χ0v) is 7.48. The minimum atomic E-state index is 0.0508. The Morgan fingerprint density at radius 1 is 1.54 bits per heavy atom. The predicted octanol–water partition coefficient (Wildman–Crippen LogP) is 1.24. The van der Waals surface area contributed by atoms with Crippen molar-refractivity contribution in [2.45, 2.75) is 13.8 Å². The first-order valence-electron chi connectivity index (χ1n) is 3.99. The van der Waals surface area contributed by atoms with E-state index in [0.29, 0.717) is 5.56 Å². The van der Waals surface area contributed by atoms with Crippen LogP contribution in [0.1, 0.15) is 22.8 Å². The van der Waals surface area contributed by atoms with Crippen LogP contribution in [0.3, 0.4) is 0 Å². The highest BCUT2D eigenvalue weighted by molar-refractivity contribution is 5.95. The lowest BCUT2D eigenvalue weighted by molar-refractivity contribution is 0.101.